The molecule has 0 spiro atoms. The normalized spacial score (nSPS) is 10.3. The number of carbonyl (C=O) groups is 1. The fourth-order valence-electron chi connectivity index (χ4n) is 2.17. The van der Waals surface area contributed by atoms with Gasteiger partial charge >= 0.3 is 0 Å². The Hall–Kier alpha value is -2.29. The van der Waals surface area contributed by atoms with Gasteiger partial charge in [-0.25, -0.2) is 0 Å². The predicted octanol–water partition coefficient (Wildman–Crippen LogP) is 3.28. The van der Waals surface area contributed by atoms with Gasteiger partial charge in [-0.1, -0.05) is 29.8 Å². The smallest absolute Gasteiger partial charge is 0.253 e. The van der Waals surface area contributed by atoms with Crippen LogP contribution in [-0.2, 0) is 6.54 Å². The van der Waals surface area contributed by atoms with E-state index in [1.807, 2.05) is 25.1 Å². The van der Waals surface area contributed by atoms with E-state index in [1.54, 1.807) is 37.1 Å². The lowest BCUT2D eigenvalue weighted by atomic mass is 10.1. The van der Waals surface area contributed by atoms with Crippen LogP contribution in [-0.4, -0.2) is 23.0 Å². The Morgan fingerprint density at radius 3 is 2.55 bits per heavy atom. The van der Waals surface area contributed by atoms with E-state index >= 15 is 0 Å². The summed E-state index contributed by atoms with van der Waals surface area (Å²) in [5.41, 5.74) is 3.59. The standard InChI is InChI=1S/C17H19NO2/c1-12-5-4-6-14(9-12)11-18(3)17(20)15-7-8-16(19)13(2)10-15/h4-10,19H,11H2,1-3H3. The predicted molar refractivity (Wildman–Crippen MR) is 79.8 cm³/mol. The first-order valence-electron chi connectivity index (χ1n) is 6.58. The second kappa shape index (κ2) is 5.78. The van der Waals surface area contributed by atoms with E-state index in [1.165, 1.54) is 5.56 Å². The minimum Gasteiger partial charge on any atom is -0.508 e. The quantitative estimate of drug-likeness (QED) is 0.929. The van der Waals surface area contributed by atoms with E-state index in [9.17, 15) is 9.90 Å². The SMILES string of the molecule is Cc1cccc(CN(C)C(=O)c2ccc(O)c(C)c2)c1. The van der Waals surface area contributed by atoms with Crippen LogP contribution in [0, 0.1) is 13.8 Å². The summed E-state index contributed by atoms with van der Waals surface area (Å²) in [5.74, 6) is 0.164. The molecule has 0 saturated heterocycles. The van der Waals surface area contributed by atoms with Crippen molar-refractivity contribution >= 4 is 5.91 Å². The van der Waals surface area contributed by atoms with E-state index in [2.05, 4.69) is 6.07 Å². The highest BCUT2D eigenvalue weighted by molar-refractivity contribution is 5.94. The summed E-state index contributed by atoms with van der Waals surface area (Å²) in [6, 6.07) is 13.0. The van der Waals surface area contributed by atoms with Gasteiger partial charge in [-0.05, 0) is 43.2 Å². The Morgan fingerprint density at radius 2 is 1.90 bits per heavy atom. The average molecular weight is 269 g/mol. The fourth-order valence-corrected chi connectivity index (χ4v) is 2.17. The van der Waals surface area contributed by atoms with Crippen LogP contribution in [0.3, 0.4) is 0 Å². The van der Waals surface area contributed by atoms with Crippen LogP contribution in [0.15, 0.2) is 42.5 Å². The van der Waals surface area contributed by atoms with Gasteiger partial charge in [-0.15, -0.1) is 0 Å². The van der Waals surface area contributed by atoms with Crippen LogP contribution in [0.5, 0.6) is 5.75 Å². The molecule has 2 aromatic carbocycles. The third-order valence-electron chi connectivity index (χ3n) is 3.29. The number of nitrogens with zero attached hydrogens (tertiary/aromatic N) is 1. The number of hydrogen-bond donors (Lipinski definition) is 1. The van der Waals surface area contributed by atoms with Crippen molar-refractivity contribution in [3.8, 4) is 5.75 Å². The van der Waals surface area contributed by atoms with Gasteiger partial charge in [0.25, 0.3) is 5.91 Å². The molecule has 0 heterocycles. The maximum atomic E-state index is 12.3. The minimum atomic E-state index is -0.0467. The van der Waals surface area contributed by atoms with Crippen molar-refractivity contribution in [2.45, 2.75) is 20.4 Å². The summed E-state index contributed by atoms with van der Waals surface area (Å²) in [6.07, 6.45) is 0. The largest absolute Gasteiger partial charge is 0.508 e. The Labute approximate surface area is 119 Å². The molecule has 0 atom stereocenters. The maximum Gasteiger partial charge on any atom is 0.253 e. The molecule has 0 fully saturated rings. The first-order valence-corrected chi connectivity index (χ1v) is 6.58. The second-order valence-corrected chi connectivity index (χ2v) is 5.15. The van der Waals surface area contributed by atoms with Crippen LogP contribution in [0.1, 0.15) is 27.0 Å². The average Bonchev–Trinajstić information content (AvgIpc) is 2.41. The van der Waals surface area contributed by atoms with Crippen LogP contribution in [0.25, 0.3) is 0 Å². The number of benzene rings is 2. The number of aryl methyl sites for hydroxylation is 2. The molecule has 2 aromatic rings. The van der Waals surface area contributed by atoms with Crippen molar-refractivity contribution in [3.63, 3.8) is 0 Å². The Bertz CT molecular complexity index is 635. The van der Waals surface area contributed by atoms with E-state index in [0.29, 0.717) is 17.7 Å². The number of hydrogen-bond acceptors (Lipinski definition) is 2. The Morgan fingerprint density at radius 1 is 1.15 bits per heavy atom. The summed E-state index contributed by atoms with van der Waals surface area (Å²) in [7, 11) is 1.78. The molecule has 0 bridgehead atoms. The first kappa shape index (κ1) is 14.1. The molecule has 0 saturated carbocycles. The van der Waals surface area contributed by atoms with Crippen molar-refractivity contribution in [2.24, 2.45) is 0 Å². The zero-order valence-electron chi connectivity index (χ0n) is 12.1. The highest BCUT2D eigenvalue weighted by Crippen LogP contribution is 2.18. The van der Waals surface area contributed by atoms with Crippen molar-refractivity contribution in [1.29, 1.82) is 0 Å². The molecule has 0 radical (unpaired) electrons. The summed E-state index contributed by atoms with van der Waals surface area (Å²) in [4.78, 5) is 14.0. The van der Waals surface area contributed by atoms with Gasteiger partial charge in [-0.3, -0.25) is 4.79 Å². The van der Waals surface area contributed by atoms with Crippen LogP contribution >= 0.6 is 0 Å². The van der Waals surface area contributed by atoms with E-state index in [4.69, 9.17) is 0 Å². The molecule has 3 heteroatoms. The highest BCUT2D eigenvalue weighted by atomic mass is 16.3. The summed E-state index contributed by atoms with van der Waals surface area (Å²) in [5, 5.41) is 9.50. The number of amides is 1. The van der Waals surface area contributed by atoms with Gasteiger partial charge in [0.05, 0.1) is 0 Å². The molecule has 0 aliphatic heterocycles. The third kappa shape index (κ3) is 3.18. The molecular weight excluding hydrogens is 250 g/mol. The van der Waals surface area contributed by atoms with Gasteiger partial charge < -0.3 is 10.0 Å². The molecule has 0 aliphatic carbocycles. The number of aromatic hydroxyl groups is 1. The number of rotatable bonds is 3. The number of phenols is 1. The summed E-state index contributed by atoms with van der Waals surface area (Å²) < 4.78 is 0. The van der Waals surface area contributed by atoms with Gasteiger partial charge in [0.15, 0.2) is 0 Å². The van der Waals surface area contributed by atoms with Crippen molar-refractivity contribution < 1.29 is 9.90 Å². The highest BCUT2D eigenvalue weighted by Gasteiger charge is 2.13. The molecule has 0 unspecified atom stereocenters. The maximum absolute atomic E-state index is 12.3. The van der Waals surface area contributed by atoms with Crippen LogP contribution < -0.4 is 0 Å². The minimum absolute atomic E-state index is 0.0467. The molecule has 1 amide bonds. The topological polar surface area (TPSA) is 40.5 Å². The molecule has 0 aromatic heterocycles. The lowest BCUT2D eigenvalue weighted by molar-refractivity contribution is 0.0785. The van der Waals surface area contributed by atoms with Crippen LogP contribution in [0.2, 0.25) is 0 Å². The second-order valence-electron chi connectivity index (χ2n) is 5.15. The molecule has 20 heavy (non-hydrogen) atoms. The van der Waals surface area contributed by atoms with Gasteiger partial charge in [0.1, 0.15) is 5.75 Å². The monoisotopic (exact) mass is 269 g/mol. The third-order valence-corrected chi connectivity index (χ3v) is 3.29. The van der Waals surface area contributed by atoms with Crippen molar-refractivity contribution in [3.05, 3.63) is 64.7 Å². The lowest BCUT2D eigenvalue weighted by Gasteiger charge is -2.18. The Balaban J connectivity index is 2.14. The fraction of sp³-hybridized carbons (Fsp3) is 0.235. The molecule has 0 aliphatic rings. The first-order chi connectivity index (χ1) is 9.47. The van der Waals surface area contributed by atoms with Gasteiger partial charge in [0.2, 0.25) is 0 Å². The lowest BCUT2D eigenvalue weighted by Crippen LogP contribution is -2.26. The van der Waals surface area contributed by atoms with Crippen molar-refractivity contribution in [1.82, 2.24) is 4.90 Å². The van der Waals surface area contributed by atoms with E-state index < -0.39 is 0 Å². The number of carbonyl (C=O) groups excluding carboxylic acids is 1. The van der Waals surface area contributed by atoms with Crippen molar-refractivity contribution in [2.75, 3.05) is 7.05 Å². The van der Waals surface area contributed by atoms with E-state index in [0.717, 1.165) is 5.56 Å². The van der Waals surface area contributed by atoms with Crippen LogP contribution in [0.4, 0.5) is 0 Å². The molecule has 3 nitrogen and oxygen atoms in total. The summed E-state index contributed by atoms with van der Waals surface area (Å²) in [6.45, 7) is 4.39. The molecular formula is C17H19NO2. The zero-order chi connectivity index (χ0) is 14.7. The number of phenolic OH excluding ortho intramolecular Hbond substituents is 1. The van der Waals surface area contributed by atoms with E-state index in [-0.39, 0.29) is 11.7 Å². The summed E-state index contributed by atoms with van der Waals surface area (Å²) >= 11 is 0. The Kier molecular flexibility index (Phi) is 4.08. The van der Waals surface area contributed by atoms with Gasteiger partial charge in [0, 0.05) is 19.2 Å². The molecule has 2 rings (SSSR count). The molecule has 1 N–H and O–H groups in total. The van der Waals surface area contributed by atoms with Gasteiger partial charge in [-0.2, -0.15) is 0 Å². The zero-order valence-corrected chi connectivity index (χ0v) is 12.1. The molecule has 104 valence electrons.